The van der Waals surface area contributed by atoms with Gasteiger partial charge in [-0.2, -0.15) is 0 Å². The summed E-state index contributed by atoms with van der Waals surface area (Å²) in [7, 11) is 8.37. The Kier molecular flexibility index (Phi) is 2.86. The standard InChI is InChI=1S/C10H16BNS2/c1-10(11)5-3-4-7-8(6-10)14-9(13)12(7)2/h7-8H,3-6H2,1-2H3. The molecule has 2 aliphatic rings. The van der Waals surface area contributed by atoms with Crippen LogP contribution in [0.4, 0.5) is 0 Å². The van der Waals surface area contributed by atoms with Crippen molar-refractivity contribution in [2.75, 3.05) is 7.05 Å². The molecule has 3 unspecified atom stereocenters. The van der Waals surface area contributed by atoms with Crippen LogP contribution < -0.4 is 0 Å². The second-order valence-corrected chi connectivity index (χ2v) is 6.72. The van der Waals surface area contributed by atoms with Gasteiger partial charge in [-0.15, -0.1) is 0 Å². The molecule has 2 rings (SSSR count). The molecule has 1 aliphatic heterocycles. The van der Waals surface area contributed by atoms with Crippen molar-refractivity contribution in [1.82, 2.24) is 4.90 Å². The molecule has 0 N–H and O–H groups in total. The fourth-order valence-corrected chi connectivity index (χ4v) is 4.52. The maximum absolute atomic E-state index is 6.25. The first-order chi connectivity index (χ1) is 6.49. The number of fused-ring (bicyclic) bond motifs is 1. The number of thioether (sulfide) groups is 1. The van der Waals surface area contributed by atoms with E-state index < -0.39 is 0 Å². The van der Waals surface area contributed by atoms with Crippen molar-refractivity contribution < 1.29 is 0 Å². The molecule has 0 bridgehead atoms. The molecule has 2 radical (unpaired) electrons. The number of rotatable bonds is 0. The van der Waals surface area contributed by atoms with Crippen molar-refractivity contribution in [2.24, 2.45) is 0 Å². The first-order valence-corrected chi connectivity index (χ1v) is 6.51. The molecule has 1 saturated heterocycles. The van der Waals surface area contributed by atoms with E-state index in [0.29, 0.717) is 11.3 Å². The largest absolute Gasteiger partial charge is 0.356 e. The Bertz CT molecular complexity index is 255. The minimum Gasteiger partial charge on any atom is -0.356 e. The van der Waals surface area contributed by atoms with Gasteiger partial charge in [0, 0.05) is 18.3 Å². The van der Waals surface area contributed by atoms with Crippen LogP contribution in [0.3, 0.4) is 0 Å². The SMILES string of the molecule is [B]C1(C)CCCC2C(C1)SC(=S)N2C. The fourth-order valence-electron chi connectivity index (χ4n) is 2.51. The third kappa shape index (κ3) is 1.96. The van der Waals surface area contributed by atoms with E-state index in [1.54, 1.807) is 0 Å². The van der Waals surface area contributed by atoms with E-state index in [2.05, 4.69) is 18.9 Å². The first kappa shape index (κ1) is 10.8. The van der Waals surface area contributed by atoms with Crippen molar-refractivity contribution in [3.05, 3.63) is 0 Å². The van der Waals surface area contributed by atoms with Gasteiger partial charge in [-0.3, -0.25) is 0 Å². The second-order valence-electron chi connectivity index (χ2n) is 4.85. The summed E-state index contributed by atoms with van der Waals surface area (Å²) in [5.74, 6) is 0. The van der Waals surface area contributed by atoms with Crippen LogP contribution in [0.2, 0.25) is 5.31 Å². The molecule has 0 aromatic carbocycles. The lowest BCUT2D eigenvalue weighted by atomic mass is 9.65. The molecule has 2 fully saturated rings. The highest BCUT2D eigenvalue weighted by Gasteiger charge is 2.40. The third-order valence-corrected chi connectivity index (χ3v) is 5.23. The Morgan fingerprint density at radius 2 is 2.36 bits per heavy atom. The van der Waals surface area contributed by atoms with Crippen LogP contribution >= 0.6 is 24.0 Å². The highest BCUT2D eigenvalue weighted by Crippen LogP contribution is 2.46. The molecule has 1 aliphatic carbocycles. The zero-order valence-electron chi connectivity index (χ0n) is 8.82. The molecule has 4 heteroatoms. The molecule has 0 aromatic heterocycles. The summed E-state index contributed by atoms with van der Waals surface area (Å²) in [4.78, 5) is 2.27. The van der Waals surface area contributed by atoms with Crippen molar-refractivity contribution >= 4 is 36.1 Å². The fraction of sp³-hybridized carbons (Fsp3) is 0.900. The Labute approximate surface area is 97.4 Å². The summed E-state index contributed by atoms with van der Waals surface area (Å²) in [6.45, 7) is 2.18. The van der Waals surface area contributed by atoms with Crippen LogP contribution in [0, 0.1) is 0 Å². The Morgan fingerprint density at radius 3 is 3.07 bits per heavy atom. The van der Waals surface area contributed by atoms with E-state index in [9.17, 15) is 0 Å². The van der Waals surface area contributed by atoms with Gasteiger partial charge < -0.3 is 4.90 Å². The molecular formula is C10H16BNS2. The second kappa shape index (κ2) is 3.71. The van der Waals surface area contributed by atoms with Crippen LogP contribution in [-0.4, -0.2) is 35.4 Å². The highest BCUT2D eigenvalue weighted by molar-refractivity contribution is 8.23. The number of hydrogen-bond donors (Lipinski definition) is 0. The third-order valence-electron chi connectivity index (χ3n) is 3.38. The van der Waals surface area contributed by atoms with Gasteiger partial charge in [0.15, 0.2) is 0 Å². The maximum Gasteiger partial charge on any atom is 0.136 e. The molecule has 76 valence electrons. The monoisotopic (exact) mass is 225 g/mol. The van der Waals surface area contributed by atoms with E-state index >= 15 is 0 Å². The summed E-state index contributed by atoms with van der Waals surface area (Å²) in [6.07, 6.45) is 4.75. The molecule has 1 saturated carbocycles. The summed E-state index contributed by atoms with van der Waals surface area (Å²) >= 11 is 7.17. The predicted molar refractivity (Wildman–Crippen MR) is 68.1 cm³/mol. The normalized spacial score (nSPS) is 43.6. The Morgan fingerprint density at radius 1 is 1.64 bits per heavy atom. The van der Waals surface area contributed by atoms with Gasteiger partial charge in [-0.1, -0.05) is 49.1 Å². The summed E-state index contributed by atoms with van der Waals surface area (Å²) in [5, 5.41) is 0.651. The lowest BCUT2D eigenvalue weighted by Crippen LogP contribution is -2.32. The summed E-state index contributed by atoms with van der Waals surface area (Å²) in [5.41, 5.74) is 0. The first-order valence-electron chi connectivity index (χ1n) is 5.22. The molecule has 0 amide bonds. The van der Waals surface area contributed by atoms with Gasteiger partial charge >= 0.3 is 0 Å². The van der Waals surface area contributed by atoms with E-state index in [4.69, 9.17) is 20.1 Å². The van der Waals surface area contributed by atoms with E-state index in [-0.39, 0.29) is 5.31 Å². The van der Waals surface area contributed by atoms with E-state index in [1.165, 1.54) is 12.8 Å². The van der Waals surface area contributed by atoms with Crippen LogP contribution in [-0.2, 0) is 0 Å². The lowest BCUT2D eigenvalue weighted by molar-refractivity contribution is 0.358. The van der Waals surface area contributed by atoms with Crippen molar-refractivity contribution in [1.29, 1.82) is 0 Å². The van der Waals surface area contributed by atoms with Gasteiger partial charge in [-0.25, -0.2) is 0 Å². The topological polar surface area (TPSA) is 3.24 Å². The number of thiocarbonyl (C=S) groups is 1. The quantitative estimate of drug-likeness (QED) is 0.461. The highest BCUT2D eigenvalue weighted by atomic mass is 32.2. The maximum atomic E-state index is 6.25. The molecule has 3 atom stereocenters. The molecule has 1 heterocycles. The van der Waals surface area contributed by atoms with Crippen molar-refractivity contribution in [3.63, 3.8) is 0 Å². The predicted octanol–water partition coefficient (Wildman–Crippen LogP) is 2.61. The van der Waals surface area contributed by atoms with Gasteiger partial charge in [0.1, 0.15) is 4.32 Å². The van der Waals surface area contributed by atoms with Crippen molar-refractivity contribution in [2.45, 2.75) is 49.2 Å². The zero-order valence-corrected chi connectivity index (χ0v) is 10.5. The molecule has 0 spiro atoms. The van der Waals surface area contributed by atoms with Gasteiger partial charge in [0.2, 0.25) is 0 Å². The Hall–Kier alpha value is 0.305. The van der Waals surface area contributed by atoms with Crippen LogP contribution in [0.5, 0.6) is 0 Å². The lowest BCUT2D eigenvalue weighted by Gasteiger charge is -2.26. The molecule has 14 heavy (non-hydrogen) atoms. The van der Waals surface area contributed by atoms with Gasteiger partial charge in [-0.05, 0) is 12.8 Å². The van der Waals surface area contributed by atoms with Gasteiger partial charge in [0.25, 0.3) is 0 Å². The number of hydrogen-bond acceptors (Lipinski definition) is 2. The average Bonchev–Trinajstić information content (AvgIpc) is 2.28. The minimum absolute atomic E-state index is 0.0210. The van der Waals surface area contributed by atoms with Gasteiger partial charge in [0.05, 0.1) is 7.85 Å². The average molecular weight is 225 g/mol. The number of nitrogens with zero attached hydrogens (tertiary/aromatic N) is 1. The Balaban J connectivity index is 2.14. The van der Waals surface area contributed by atoms with Crippen LogP contribution in [0.1, 0.15) is 32.6 Å². The summed E-state index contributed by atoms with van der Waals surface area (Å²) in [6, 6.07) is 0.637. The minimum atomic E-state index is 0.0210. The van der Waals surface area contributed by atoms with Crippen LogP contribution in [0.25, 0.3) is 0 Å². The molecule has 0 aromatic rings. The summed E-state index contributed by atoms with van der Waals surface area (Å²) < 4.78 is 1.05. The van der Waals surface area contributed by atoms with E-state index in [0.717, 1.165) is 17.2 Å². The van der Waals surface area contributed by atoms with Crippen molar-refractivity contribution in [3.8, 4) is 0 Å². The molecule has 1 nitrogen and oxygen atoms in total. The van der Waals surface area contributed by atoms with E-state index in [1.807, 2.05) is 11.8 Å². The zero-order chi connectivity index (χ0) is 10.3. The smallest absolute Gasteiger partial charge is 0.136 e. The van der Waals surface area contributed by atoms with Crippen LogP contribution in [0.15, 0.2) is 0 Å². The molecular weight excluding hydrogens is 209 g/mol.